The Morgan fingerprint density at radius 1 is 1.67 bits per heavy atom. The summed E-state index contributed by atoms with van der Waals surface area (Å²) in [4.78, 5) is 0. The van der Waals surface area contributed by atoms with Crippen LogP contribution in [0.4, 0.5) is 0 Å². The number of nitrogens with two attached hydrogens (primary N) is 1. The average molecular weight is 129 g/mol. The Balaban J connectivity index is 2.30. The Kier molecular flexibility index (Phi) is 2.49. The van der Waals surface area contributed by atoms with Gasteiger partial charge in [0.05, 0.1) is 0 Å². The van der Waals surface area contributed by atoms with E-state index in [1.165, 1.54) is 0 Å². The van der Waals surface area contributed by atoms with Gasteiger partial charge in [-0.1, -0.05) is 6.92 Å². The smallest absolute Gasteiger partial charge is 0.0494 e. The molecular formula is C7H15NO. The van der Waals surface area contributed by atoms with Crippen LogP contribution in [0.15, 0.2) is 0 Å². The lowest BCUT2D eigenvalue weighted by molar-refractivity contribution is 0.0272. The molecule has 2 nitrogen and oxygen atoms in total. The Morgan fingerprint density at radius 2 is 2.44 bits per heavy atom. The standard InChI is InChI=1S/C7H15NO/c1-6-5-9-3-2-7(6)4-8/h6-7H,2-5,8H2,1H3/t6-,7+/m1/s1. The summed E-state index contributed by atoms with van der Waals surface area (Å²) in [5, 5.41) is 0. The largest absolute Gasteiger partial charge is 0.381 e. The third kappa shape index (κ3) is 1.66. The summed E-state index contributed by atoms with van der Waals surface area (Å²) in [6, 6.07) is 0. The highest BCUT2D eigenvalue weighted by Gasteiger charge is 2.19. The van der Waals surface area contributed by atoms with E-state index in [0.29, 0.717) is 11.8 Å². The maximum absolute atomic E-state index is 5.54. The lowest BCUT2D eigenvalue weighted by atomic mass is 9.90. The van der Waals surface area contributed by atoms with Gasteiger partial charge in [-0.3, -0.25) is 0 Å². The zero-order chi connectivity index (χ0) is 6.69. The van der Waals surface area contributed by atoms with Gasteiger partial charge in [0.1, 0.15) is 0 Å². The number of ether oxygens (including phenoxy) is 1. The molecule has 1 aliphatic rings. The molecule has 0 aromatic heterocycles. The molecule has 1 saturated heterocycles. The first-order valence-electron chi connectivity index (χ1n) is 3.62. The van der Waals surface area contributed by atoms with Gasteiger partial charge in [0.25, 0.3) is 0 Å². The van der Waals surface area contributed by atoms with E-state index in [2.05, 4.69) is 6.92 Å². The van der Waals surface area contributed by atoms with Gasteiger partial charge in [-0.25, -0.2) is 0 Å². The van der Waals surface area contributed by atoms with Crippen LogP contribution in [-0.4, -0.2) is 19.8 Å². The topological polar surface area (TPSA) is 35.2 Å². The summed E-state index contributed by atoms with van der Waals surface area (Å²) < 4.78 is 5.26. The van der Waals surface area contributed by atoms with E-state index in [1.54, 1.807) is 0 Å². The van der Waals surface area contributed by atoms with Crippen molar-refractivity contribution in [2.45, 2.75) is 13.3 Å². The third-order valence-electron chi connectivity index (χ3n) is 2.12. The molecule has 0 aliphatic carbocycles. The Morgan fingerprint density at radius 3 is 2.89 bits per heavy atom. The van der Waals surface area contributed by atoms with E-state index in [4.69, 9.17) is 10.5 Å². The van der Waals surface area contributed by atoms with Crippen molar-refractivity contribution in [3.8, 4) is 0 Å². The van der Waals surface area contributed by atoms with Crippen LogP contribution in [0.1, 0.15) is 13.3 Å². The maximum Gasteiger partial charge on any atom is 0.0494 e. The van der Waals surface area contributed by atoms with E-state index >= 15 is 0 Å². The molecule has 0 saturated carbocycles. The lowest BCUT2D eigenvalue weighted by Crippen LogP contribution is -2.30. The van der Waals surface area contributed by atoms with Crippen molar-refractivity contribution in [2.75, 3.05) is 19.8 Å². The summed E-state index contributed by atoms with van der Waals surface area (Å²) in [7, 11) is 0. The predicted molar refractivity (Wildman–Crippen MR) is 37.1 cm³/mol. The Bertz CT molecular complexity index is 85.0. The van der Waals surface area contributed by atoms with Crippen molar-refractivity contribution in [1.29, 1.82) is 0 Å². The van der Waals surface area contributed by atoms with Crippen LogP contribution in [0, 0.1) is 11.8 Å². The third-order valence-corrected chi connectivity index (χ3v) is 2.12. The summed E-state index contributed by atoms with van der Waals surface area (Å²) >= 11 is 0. The highest BCUT2D eigenvalue weighted by Crippen LogP contribution is 2.19. The van der Waals surface area contributed by atoms with Crippen molar-refractivity contribution < 1.29 is 4.74 Å². The van der Waals surface area contributed by atoms with Gasteiger partial charge in [-0.15, -0.1) is 0 Å². The Labute approximate surface area is 56.4 Å². The zero-order valence-electron chi connectivity index (χ0n) is 5.97. The molecule has 0 aromatic carbocycles. The lowest BCUT2D eigenvalue weighted by Gasteiger charge is -2.27. The van der Waals surface area contributed by atoms with E-state index in [0.717, 1.165) is 26.2 Å². The number of hydrogen-bond acceptors (Lipinski definition) is 2. The molecule has 0 spiro atoms. The molecular weight excluding hydrogens is 114 g/mol. The molecule has 54 valence electrons. The molecule has 1 heterocycles. The van der Waals surface area contributed by atoms with E-state index in [9.17, 15) is 0 Å². The molecule has 2 N–H and O–H groups in total. The molecule has 0 amide bonds. The van der Waals surface area contributed by atoms with Gasteiger partial charge >= 0.3 is 0 Å². The summed E-state index contributed by atoms with van der Waals surface area (Å²) in [6.45, 7) is 4.84. The zero-order valence-corrected chi connectivity index (χ0v) is 5.97. The Hall–Kier alpha value is -0.0800. The van der Waals surface area contributed by atoms with E-state index in [-0.39, 0.29) is 0 Å². The second-order valence-electron chi connectivity index (χ2n) is 2.84. The van der Waals surface area contributed by atoms with Crippen LogP contribution < -0.4 is 5.73 Å². The van der Waals surface area contributed by atoms with Crippen LogP contribution >= 0.6 is 0 Å². The molecule has 0 bridgehead atoms. The van der Waals surface area contributed by atoms with Crippen molar-refractivity contribution in [2.24, 2.45) is 17.6 Å². The number of hydrogen-bond donors (Lipinski definition) is 1. The normalized spacial score (nSPS) is 36.7. The maximum atomic E-state index is 5.54. The summed E-state index contributed by atoms with van der Waals surface area (Å²) in [5.74, 6) is 1.38. The summed E-state index contributed by atoms with van der Waals surface area (Å²) in [5.41, 5.74) is 5.54. The van der Waals surface area contributed by atoms with Crippen LogP contribution in [-0.2, 0) is 4.74 Å². The molecule has 9 heavy (non-hydrogen) atoms. The van der Waals surface area contributed by atoms with Crippen molar-refractivity contribution in [1.82, 2.24) is 0 Å². The fourth-order valence-corrected chi connectivity index (χ4v) is 1.27. The van der Waals surface area contributed by atoms with E-state index in [1.807, 2.05) is 0 Å². The quantitative estimate of drug-likeness (QED) is 0.563. The molecule has 1 fully saturated rings. The van der Waals surface area contributed by atoms with Gasteiger partial charge < -0.3 is 10.5 Å². The highest BCUT2D eigenvalue weighted by molar-refractivity contribution is 4.70. The van der Waals surface area contributed by atoms with Gasteiger partial charge in [0, 0.05) is 13.2 Å². The number of rotatable bonds is 1. The van der Waals surface area contributed by atoms with Gasteiger partial charge in [-0.05, 0) is 24.8 Å². The van der Waals surface area contributed by atoms with Crippen LogP contribution in [0.3, 0.4) is 0 Å². The molecule has 1 aliphatic heterocycles. The highest BCUT2D eigenvalue weighted by atomic mass is 16.5. The minimum atomic E-state index is 0.670. The molecule has 2 atom stereocenters. The fraction of sp³-hybridized carbons (Fsp3) is 1.00. The van der Waals surface area contributed by atoms with Crippen molar-refractivity contribution in [3.63, 3.8) is 0 Å². The molecule has 0 unspecified atom stereocenters. The molecule has 0 radical (unpaired) electrons. The minimum absolute atomic E-state index is 0.670. The van der Waals surface area contributed by atoms with E-state index < -0.39 is 0 Å². The summed E-state index contributed by atoms with van der Waals surface area (Å²) in [6.07, 6.45) is 1.15. The second-order valence-corrected chi connectivity index (χ2v) is 2.84. The van der Waals surface area contributed by atoms with Gasteiger partial charge in [-0.2, -0.15) is 0 Å². The van der Waals surface area contributed by atoms with Crippen molar-refractivity contribution >= 4 is 0 Å². The minimum Gasteiger partial charge on any atom is -0.381 e. The first-order chi connectivity index (χ1) is 4.34. The predicted octanol–water partition coefficient (Wildman–Crippen LogP) is 0.618. The van der Waals surface area contributed by atoms with Gasteiger partial charge in [0.15, 0.2) is 0 Å². The first kappa shape index (κ1) is 7.03. The van der Waals surface area contributed by atoms with Crippen molar-refractivity contribution in [3.05, 3.63) is 0 Å². The first-order valence-corrected chi connectivity index (χ1v) is 3.62. The van der Waals surface area contributed by atoms with Gasteiger partial charge in [0.2, 0.25) is 0 Å². The monoisotopic (exact) mass is 129 g/mol. The molecule has 2 heteroatoms. The van der Waals surface area contributed by atoms with Crippen LogP contribution in [0.25, 0.3) is 0 Å². The fourth-order valence-electron chi connectivity index (χ4n) is 1.27. The van der Waals surface area contributed by atoms with Crippen LogP contribution in [0.2, 0.25) is 0 Å². The molecule has 1 rings (SSSR count). The van der Waals surface area contributed by atoms with Crippen LogP contribution in [0.5, 0.6) is 0 Å². The second kappa shape index (κ2) is 3.18. The average Bonchev–Trinajstić information content (AvgIpc) is 1.89. The molecule has 0 aromatic rings. The SMILES string of the molecule is C[C@@H]1COCC[C@H]1CN.